The summed E-state index contributed by atoms with van der Waals surface area (Å²) in [5.41, 5.74) is 0.891. The van der Waals surface area contributed by atoms with Gasteiger partial charge in [0.05, 0.1) is 12.0 Å². The van der Waals surface area contributed by atoms with Crippen LogP contribution in [0.3, 0.4) is 0 Å². The van der Waals surface area contributed by atoms with Gasteiger partial charge in [0.15, 0.2) is 6.29 Å². The topological polar surface area (TPSA) is 71.1 Å². The van der Waals surface area contributed by atoms with Crippen LogP contribution < -0.4 is 0 Å². The summed E-state index contributed by atoms with van der Waals surface area (Å²) in [7, 11) is 0. The van der Waals surface area contributed by atoms with E-state index in [4.69, 9.17) is 18.9 Å². The standard InChI is InChI=1S/C28H44O6/c1-5-6-7-8-12-17-24(33-25-18-13-14-19-31-25)22(4)27(29)34-26(21(2)3)28(30)32-20-23-15-10-9-11-16-23/h9-11,15-16,21-22,24-26H,5-8,12-14,17-20H2,1-4H3/t22-,24+,25?,26-/m0/s1. The minimum atomic E-state index is -0.949. The molecule has 0 bridgehead atoms. The quantitative estimate of drug-likeness (QED) is 0.221. The average Bonchev–Trinajstić information content (AvgIpc) is 2.85. The molecule has 1 saturated heterocycles. The van der Waals surface area contributed by atoms with Crippen LogP contribution in [0.15, 0.2) is 30.3 Å². The summed E-state index contributed by atoms with van der Waals surface area (Å²) in [5.74, 6) is -1.65. The number of hydrogen-bond acceptors (Lipinski definition) is 6. The van der Waals surface area contributed by atoms with E-state index in [-0.39, 0.29) is 24.9 Å². The molecule has 1 aliphatic heterocycles. The lowest BCUT2D eigenvalue weighted by Gasteiger charge is -2.31. The Bertz CT molecular complexity index is 698. The van der Waals surface area contributed by atoms with Gasteiger partial charge in [-0.3, -0.25) is 4.79 Å². The van der Waals surface area contributed by atoms with Crippen molar-refractivity contribution in [1.82, 2.24) is 0 Å². The summed E-state index contributed by atoms with van der Waals surface area (Å²) < 4.78 is 23.2. The molecule has 4 atom stereocenters. The summed E-state index contributed by atoms with van der Waals surface area (Å²) in [6.07, 6.45) is 7.88. The van der Waals surface area contributed by atoms with E-state index < -0.39 is 24.0 Å². The summed E-state index contributed by atoms with van der Waals surface area (Å²) in [4.78, 5) is 25.8. The molecule has 1 fully saturated rings. The Labute approximate surface area is 205 Å². The van der Waals surface area contributed by atoms with E-state index in [2.05, 4.69) is 6.92 Å². The predicted molar refractivity (Wildman–Crippen MR) is 132 cm³/mol. The molecule has 1 aromatic rings. The van der Waals surface area contributed by atoms with Crippen molar-refractivity contribution in [1.29, 1.82) is 0 Å². The first-order chi connectivity index (χ1) is 16.4. The van der Waals surface area contributed by atoms with Crippen LogP contribution >= 0.6 is 0 Å². The van der Waals surface area contributed by atoms with Gasteiger partial charge < -0.3 is 18.9 Å². The van der Waals surface area contributed by atoms with Crippen LogP contribution in [0.25, 0.3) is 0 Å². The molecular formula is C28H44O6. The minimum Gasteiger partial charge on any atom is -0.458 e. The van der Waals surface area contributed by atoms with Crippen molar-refractivity contribution in [3.63, 3.8) is 0 Å². The second kappa shape index (κ2) is 15.9. The van der Waals surface area contributed by atoms with Crippen LogP contribution in [0.5, 0.6) is 0 Å². The lowest BCUT2D eigenvalue weighted by atomic mass is 9.97. The summed E-state index contributed by atoms with van der Waals surface area (Å²) in [6.45, 7) is 8.57. The molecule has 0 radical (unpaired) electrons. The maximum Gasteiger partial charge on any atom is 0.348 e. The first-order valence-corrected chi connectivity index (χ1v) is 13.1. The lowest BCUT2D eigenvalue weighted by molar-refractivity contribution is -0.206. The number of rotatable bonds is 15. The van der Waals surface area contributed by atoms with Gasteiger partial charge in [-0.25, -0.2) is 4.79 Å². The second-order valence-electron chi connectivity index (χ2n) is 9.66. The third-order valence-electron chi connectivity index (χ3n) is 6.29. The molecule has 192 valence electrons. The van der Waals surface area contributed by atoms with Crippen LogP contribution in [0.2, 0.25) is 0 Å². The fourth-order valence-electron chi connectivity index (χ4n) is 4.05. The Balaban J connectivity index is 1.95. The summed E-state index contributed by atoms with van der Waals surface area (Å²) in [5, 5.41) is 0. The summed E-state index contributed by atoms with van der Waals surface area (Å²) >= 11 is 0. The van der Waals surface area contributed by atoms with Crippen LogP contribution in [0.4, 0.5) is 0 Å². The molecule has 6 nitrogen and oxygen atoms in total. The zero-order valence-electron chi connectivity index (χ0n) is 21.5. The predicted octanol–water partition coefficient (Wildman–Crippen LogP) is 6.21. The molecule has 1 aliphatic rings. The normalized spacial score (nSPS) is 18.8. The van der Waals surface area contributed by atoms with Gasteiger partial charge >= 0.3 is 11.9 Å². The van der Waals surface area contributed by atoms with Crippen molar-refractivity contribution >= 4 is 11.9 Å². The third kappa shape index (κ3) is 10.1. The maximum absolute atomic E-state index is 13.1. The fraction of sp³-hybridized carbons (Fsp3) is 0.714. The highest BCUT2D eigenvalue weighted by molar-refractivity contribution is 5.80. The average molecular weight is 477 g/mol. The number of unbranched alkanes of at least 4 members (excludes halogenated alkanes) is 4. The number of carbonyl (C=O) groups excluding carboxylic acids is 2. The van der Waals surface area contributed by atoms with Gasteiger partial charge in [-0.15, -0.1) is 0 Å². The molecule has 6 heteroatoms. The Morgan fingerprint density at radius 3 is 2.38 bits per heavy atom. The molecule has 1 aromatic carbocycles. The Morgan fingerprint density at radius 1 is 1.00 bits per heavy atom. The molecule has 0 aliphatic carbocycles. The van der Waals surface area contributed by atoms with Crippen molar-refractivity contribution in [2.45, 2.75) is 111 Å². The zero-order valence-corrected chi connectivity index (χ0v) is 21.5. The molecular weight excluding hydrogens is 432 g/mol. The van der Waals surface area contributed by atoms with E-state index in [1.54, 1.807) is 0 Å². The van der Waals surface area contributed by atoms with Crippen LogP contribution in [0, 0.1) is 11.8 Å². The second-order valence-corrected chi connectivity index (χ2v) is 9.66. The van der Waals surface area contributed by atoms with Gasteiger partial charge in [-0.2, -0.15) is 0 Å². The molecule has 1 unspecified atom stereocenters. The smallest absolute Gasteiger partial charge is 0.348 e. The van der Waals surface area contributed by atoms with Crippen LogP contribution in [0.1, 0.15) is 91.0 Å². The van der Waals surface area contributed by atoms with E-state index in [1.807, 2.05) is 51.1 Å². The number of carbonyl (C=O) groups is 2. The van der Waals surface area contributed by atoms with E-state index in [0.717, 1.165) is 44.1 Å². The van der Waals surface area contributed by atoms with Gasteiger partial charge in [-0.05, 0) is 38.2 Å². The number of hydrogen-bond donors (Lipinski definition) is 0. The van der Waals surface area contributed by atoms with Gasteiger partial charge in [0.2, 0.25) is 6.10 Å². The third-order valence-corrected chi connectivity index (χ3v) is 6.29. The van der Waals surface area contributed by atoms with E-state index in [0.29, 0.717) is 6.61 Å². The van der Waals surface area contributed by atoms with Crippen molar-refractivity contribution in [3.05, 3.63) is 35.9 Å². The molecule has 0 amide bonds. The van der Waals surface area contributed by atoms with Gasteiger partial charge in [-0.1, -0.05) is 83.2 Å². The van der Waals surface area contributed by atoms with Crippen molar-refractivity contribution in [3.8, 4) is 0 Å². The maximum atomic E-state index is 13.1. The highest BCUT2D eigenvalue weighted by atomic mass is 16.7. The van der Waals surface area contributed by atoms with E-state index >= 15 is 0 Å². The summed E-state index contributed by atoms with van der Waals surface area (Å²) in [6, 6.07) is 9.47. The van der Waals surface area contributed by atoms with Crippen molar-refractivity contribution < 1.29 is 28.5 Å². The largest absolute Gasteiger partial charge is 0.458 e. The van der Waals surface area contributed by atoms with Crippen LogP contribution in [-0.2, 0) is 35.1 Å². The number of benzene rings is 1. The lowest BCUT2D eigenvalue weighted by Crippen LogP contribution is -2.40. The fourth-order valence-corrected chi connectivity index (χ4v) is 4.05. The zero-order chi connectivity index (χ0) is 24.8. The molecule has 1 heterocycles. The van der Waals surface area contributed by atoms with Crippen molar-refractivity contribution in [2.24, 2.45) is 11.8 Å². The first-order valence-electron chi connectivity index (χ1n) is 13.1. The van der Waals surface area contributed by atoms with Gasteiger partial charge in [0, 0.05) is 12.5 Å². The van der Waals surface area contributed by atoms with Crippen molar-refractivity contribution in [2.75, 3.05) is 6.61 Å². The molecule has 0 N–H and O–H groups in total. The Kier molecular flexibility index (Phi) is 13.2. The van der Waals surface area contributed by atoms with E-state index in [1.165, 1.54) is 19.3 Å². The minimum absolute atomic E-state index is 0.151. The first kappa shape index (κ1) is 28.3. The van der Waals surface area contributed by atoms with Gasteiger partial charge in [0.25, 0.3) is 0 Å². The van der Waals surface area contributed by atoms with Crippen LogP contribution in [-0.4, -0.2) is 37.0 Å². The molecule has 34 heavy (non-hydrogen) atoms. The Morgan fingerprint density at radius 2 is 1.74 bits per heavy atom. The highest BCUT2D eigenvalue weighted by Crippen LogP contribution is 2.24. The monoisotopic (exact) mass is 476 g/mol. The molecule has 0 aromatic heterocycles. The molecule has 0 saturated carbocycles. The van der Waals surface area contributed by atoms with E-state index in [9.17, 15) is 9.59 Å². The Hall–Kier alpha value is -1.92. The van der Waals surface area contributed by atoms with Gasteiger partial charge in [0.1, 0.15) is 6.61 Å². The number of esters is 2. The highest BCUT2D eigenvalue weighted by Gasteiger charge is 2.34. The SMILES string of the molecule is CCCCCCC[C@@H](OC1CCCCO1)[C@H](C)C(=O)O[C@H](C(=O)OCc1ccccc1)C(C)C. The molecule has 0 spiro atoms. The molecule has 2 rings (SSSR count). The number of ether oxygens (including phenoxy) is 4.